The number of benzene rings is 1. The maximum Gasteiger partial charge on any atom is 0.270 e. The second-order valence-electron chi connectivity index (χ2n) is 5.17. The minimum Gasteiger partial charge on any atom is -0.495 e. The van der Waals surface area contributed by atoms with Gasteiger partial charge < -0.3 is 19.8 Å². The molecule has 0 radical (unpaired) electrons. The Kier molecular flexibility index (Phi) is 5.20. The quantitative estimate of drug-likeness (QED) is 0.697. The normalized spacial score (nSPS) is 10.3. The zero-order valence-corrected chi connectivity index (χ0v) is 14.2. The van der Waals surface area contributed by atoms with Gasteiger partial charge in [-0.1, -0.05) is 11.6 Å². The molecule has 2 heterocycles. The first-order valence-electron chi connectivity index (χ1n) is 7.53. The van der Waals surface area contributed by atoms with Crippen LogP contribution in [0.5, 0.6) is 5.75 Å². The summed E-state index contributed by atoms with van der Waals surface area (Å²) in [7, 11) is 1.56. The fourth-order valence-electron chi connectivity index (χ4n) is 2.18. The summed E-state index contributed by atoms with van der Waals surface area (Å²) in [4.78, 5) is 16.2. The van der Waals surface area contributed by atoms with E-state index < -0.39 is 0 Å². The number of pyridine rings is 1. The fourth-order valence-corrected chi connectivity index (χ4v) is 2.44. The van der Waals surface area contributed by atoms with Crippen molar-refractivity contribution < 1.29 is 13.9 Å². The van der Waals surface area contributed by atoms with Crippen molar-refractivity contribution in [1.82, 2.24) is 10.3 Å². The van der Waals surface area contributed by atoms with E-state index in [1.807, 2.05) is 6.07 Å². The third-order valence-electron chi connectivity index (χ3n) is 3.44. The molecular weight excluding hydrogens is 342 g/mol. The number of ether oxygens (including phenoxy) is 1. The average Bonchev–Trinajstić information content (AvgIpc) is 3.14. The van der Waals surface area contributed by atoms with Crippen LogP contribution in [-0.2, 0) is 6.54 Å². The van der Waals surface area contributed by atoms with Crippen molar-refractivity contribution >= 4 is 28.9 Å². The van der Waals surface area contributed by atoms with E-state index in [1.165, 1.54) is 0 Å². The van der Waals surface area contributed by atoms with E-state index >= 15 is 0 Å². The summed E-state index contributed by atoms with van der Waals surface area (Å²) in [5.74, 6) is 1.02. The Morgan fingerprint density at radius 1 is 1.24 bits per heavy atom. The van der Waals surface area contributed by atoms with E-state index in [2.05, 4.69) is 15.6 Å². The van der Waals surface area contributed by atoms with Gasteiger partial charge >= 0.3 is 0 Å². The van der Waals surface area contributed by atoms with Gasteiger partial charge in [-0.15, -0.1) is 0 Å². The molecule has 0 aliphatic rings. The van der Waals surface area contributed by atoms with Gasteiger partial charge in [-0.3, -0.25) is 4.79 Å². The Morgan fingerprint density at radius 3 is 2.72 bits per heavy atom. The van der Waals surface area contributed by atoms with Crippen molar-refractivity contribution in [3.05, 3.63) is 71.4 Å². The first kappa shape index (κ1) is 16.9. The number of methoxy groups -OCH3 is 1. The molecule has 0 atom stereocenters. The van der Waals surface area contributed by atoms with Crippen molar-refractivity contribution in [2.45, 2.75) is 6.54 Å². The van der Waals surface area contributed by atoms with E-state index in [4.69, 9.17) is 20.8 Å². The van der Waals surface area contributed by atoms with Gasteiger partial charge in [-0.2, -0.15) is 0 Å². The van der Waals surface area contributed by atoms with E-state index in [1.54, 1.807) is 56.0 Å². The summed E-state index contributed by atoms with van der Waals surface area (Å²) >= 11 is 6.10. The summed E-state index contributed by atoms with van der Waals surface area (Å²) in [5, 5.41) is 6.42. The van der Waals surface area contributed by atoms with Gasteiger partial charge in [0.1, 0.15) is 17.2 Å². The first-order valence-corrected chi connectivity index (χ1v) is 7.90. The summed E-state index contributed by atoms with van der Waals surface area (Å²) < 4.78 is 10.3. The maximum atomic E-state index is 12.1. The van der Waals surface area contributed by atoms with Crippen LogP contribution in [0.4, 0.5) is 11.4 Å². The minimum absolute atomic E-state index is 0.268. The van der Waals surface area contributed by atoms with Crippen molar-refractivity contribution in [2.24, 2.45) is 0 Å². The number of aromatic nitrogens is 1. The highest BCUT2D eigenvalue weighted by molar-refractivity contribution is 6.32. The number of nitrogens with zero attached hydrogens (tertiary/aromatic N) is 1. The zero-order chi connectivity index (χ0) is 17.6. The molecule has 0 spiro atoms. The molecule has 2 aromatic heterocycles. The van der Waals surface area contributed by atoms with E-state index in [0.29, 0.717) is 28.8 Å². The lowest BCUT2D eigenvalue weighted by molar-refractivity contribution is 0.0943. The predicted octanol–water partition coefficient (Wildman–Crippen LogP) is 4.01. The van der Waals surface area contributed by atoms with Gasteiger partial charge in [0.05, 0.1) is 36.8 Å². The molecule has 7 heteroatoms. The molecular formula is C18H16ClN3O3. The first-order chi connectivity index (χ1) is 12.2. The van der Waals surface area contributed by atoms with Crippen LogP contribution in [-0.4, -0.2) is 18.0 Å². The van der Waals surface area contributed by atoms with Crippen LogP contribution >= 0.6 is 11.6 Å². The van der Waals surface area contributed by atoms with Gasteiger partial charge in [0.2, 0.25) is 0 Å². The van der Waals surface area contributed by atoms with Crippen LogP contribution in [0, 0.1) is 0 Å². The number of carbonyl (C=O) groups excluding carboxylic acids is 1. The minimum atomic E-state index is -0.268. The highest BCUT2D eigenvalue weighted by atomic mass is 35.5. The molecule has 1 aromatic carbocycles. The smallest absolute Gasteiger partial charge is 0.270 e. The second-order valence-corrected chi connectivity index (χ2v) is 5.58. The number of hydrogen-bond acceptors (Lipinski definition) is 5. The highest BCUT2D eigenvalue weighted by Crippen LogP contribution is 2.28. The topological polar surface area (TPSA) is 76.4 Å². The van der Waals surface area contributed by atoms with Crippen molar-refractivity contribution in [3.63, 3.8) is 0 Å². The Bertz CT molecular complexity index is 849. The van der Waals surface area contributed by atoms with Crippen molar-refractivity contribution in [3.8, 4) is 5.75 Å². The number of halogens is 1. The number of nitrogens with one attached hydrogen (secondary N) is 2. The number of furan rings is 1. The second kappa shape index (κ2) is 7.72. The molecule has 0 aliphatic carbocycles. The van der Waals surface area contributed by atoms with E-state index in [0.717, 1.165) is 11.4 Å². The molecule has 2 N–H and O–H groups in total. The molecule has 3 aromatic rings. The summed E-state index contributed by atoms with van der Waals surface area (Å²) in [6, 6.07) is 12.3. The van der Waals surface area contributed by atoms with Crippen LogP contribution in [0.15, 0.2) is 59.3 Å². The van der Waals surface area contributed by atoms with Gasteiger partial charge in [-0.25, -0.2) is 4.98 Å². The zero-order valence-electron chi connectivity index (χ0n) is 13.5. The highest BCUT2D eigenvalue weighted by Gasteiger charge is 2.08. The number of rotatable bonds is 6. The Balaban J connectivity index is 1.61. The Hall–Kier alpha value is -2.99. The Morgan fingerprint density at radius 2 is 2.08 bits per heavy atom. The van der Waals surface area contributed by atoms with Crippen LogP contribution < -0.4 is 15.4 Å². The van der Waals surface area contributed by atoms with Crippen LogP contribution in [0.3, 0.4) is 0 Å². The molecule has 0 aliphatic heterocycles. The number of hydrogen-bond donors (Lipinski definition) is 2. The van der Waals surface area contributed by atoms with Crippen molar-refractivity contribution in [1.29, 1.82) is 0 Å². The molecule has 0 bridgehead atoms. The summed E-state index contributed by atoms with van der Waals surface area (Å²) in [6.45, 7) is 0.317. The molecule has 0 unspecified atom stereocenters. The number of amides is 1. The van der Waals surface area contributed by atoms with Crippen LogP contribution in [0.25, 0.3) is 0 Å². The van der Waals surface area contributed by atoms with Gasteiger partial charge in [0, 0.05) is 5.69 Å². The number of carbonyl (C=O) groups is 1. The van der Waals surface area contributed by atoms with Gasteiger partial charge in [0.25, 0.3) is 5.91 Å². The van der Waals surface area contributed by atoms with E-state index in [9.17, 15) is 4.79 Å². The molecule has 0 saturated carbocycles. The molecule has 0 fully saturated rings. The third kappa shape index (κ3) is 4.30. The predicted molar refractivity (Wildman–Crippen MR) is 95.4 cm³/mol. The molecule has 3 rings (SSSR count). The third-order valence-corrected chi connectivity index (χ3v) is 3.74. The Labute approximate surface area is 149 Å². The van der Waals surface area contributed by atoms with Gasteiger partial charge in [-0.05, 0) is 42.5 Å². The lowest BCUT2D eigenvalue weighted by Crippen LogP contribution is -2.23. The summed E-state index contributed by atoms with van der Waals surface area (Å²) in [6.07, 6.45) is 3.14. The lowest BCUT2D eigenvalue weighted by Gasteiger charge is -2.09. The number of anilines is 2. The molecule has 6 nitrogen and oxygen atoms in total. The molecule has 0 saturated heterocycles. The largest absolute Gasteiger partial charge is 0.495 e. The maximum absolute atomic E-state index is 12.1. The molecule has 25 heavy (non-hydrogen) atoms. The SMILES string of the molecule is COc1ccc(Nc2ccc(C(=O)NCc3ccco3)nc2)cc1Cl. The molecule has 1 amide bonds. The van der Waals surface area contributed by atoms with E-state index in [-0.39, 0.29) is 5.91 Å². The summed E-state index contributed by atoms with van der Waals surface area (Å²) in [5.41, 5.74) is 1.86. The average molecular weight is 358 g/mol. The van der Waals surface area contributed by atoms with Crippen LogP contribution in [0.1, 0.15) is 16.2 Å². The standard InChI is InChI=1S/C18H16ClN3O3/c1-24-17-7-5-12(9-15(17)19)22-13-4-6-16(20-10-13)18(23)21-11-14-3-2-8-25-14/h2-10,22H,11H2,1H3,(H,21,23). The fraction of sp³-hybridized carbons (Fsp3) is 0.111. The van der Waals surface area contributed by atoms with Gasteiger partial charge in [0.15, 0.2) is 0 Å². The lowest BCUT2D eigenvalue weighted by atomic mass is 10.2. The van der Waals surface area contributed by atoms with Crippen LogP contribution in [0.2, 0.25) is 5.02 Å². The molecule has 128 valence electrons. The van der Waals surface area contributed by atoms with Crippen molar-refractivity contribution in [2.75, 3.05) is 12.4 Å². The monoisotopic (exact) mass is 357 g/mol.